The Morgan fingerprint density at radius 2 is 1.90 bits per heavy atom. The third-order valence-corrected chi connectivity index (χ3v) is 6.42. The van der Waals surface area contributed by atoms with Crippen molar-refractivity contribution in [3.05, 3.63) is 71.0 Å². The molecule has 2 aliphatic heterocycles. The Labute approximate surface area is 172 Å². The zero-order valence-electron chi connectivity index (χ0n) is 17.6. The molecule has 2 aromatic carbocycles. The summed E-state index contributed by atoms with van der Waals surface area (Å²) in [6.45, 7) is 7.07. The van der Waals surface area contributed by atoms with Gasteiger partial charge in [0.15, 0.2) is 0 Å². The van der Waals surface area contributed by atoms with E-state index in [2.05, 4.69) is 48.2 Å². The van der Waals surface area contributed by atoms with E-state index in [9.17, 15) is 9.18 Å². The molecule has 1 amide bonds. The first-order chi connectivity index (χ1) is 13.9. The van der Waals surface area contributed by atoms with Gasteiger partial charge in [-0.3, -0.25) is 9.69 Å². The summed E-state index contributed by atoms with van der Waals surface area (Å²) in [5.41, 5.74) is 2.42. The van der Waals surface area contributed by atoms with Crippen molar-refractivity contribution in [1.29, 1.82) is 0 Å². The van der Waals surface area contributed by atoms with Crippen LogP contribution in [0.3, 0.4) is 0 Å². The smallest absolute Gasteiger partial charge is 0.253 e. The van der Waals surface area contributed by atoms with Crippen molar-refractivity contribution < 1.29 is 9.18 Å². The predicted molar refractivity (Wildman–Crippen MR) is 113 cm³/mol. The lowest BCUT2D eigenvalue weighted by atomic mass is 9.80. The fourth-order valence-electron chi connectivity index (χ4n) is 5.17. The Morgan fingerprint density at radius 1 is 1.14 bits per heavy atom. The number of fused-ring (bicyclic) bond motifs is 1. The number of aryl methyl sites for hydroxylation is 1. The number of hydrogen-bond acceptors (Lipinski definition) is 3. The van der Waals surface area contributed by atoms with Gasteiger partial charge in [-0.25, -0.2) is 4.39 Å². The molecule has 2 saturated heterocycles. The van der Waals surface area contributed by atoms with Crippen molar-refractivity contribution in [3.63, 3.8) is 0 Å². The molecule has 0 saturated carbocycles. The molecule has 0 unspecified atom stereocenters. The van der Waals surface area contributed by atoms with Gasteiger partial charge >= 0.3 is 0 Å². The van der Waals surface area contributed by atoms with Gasteiger partial charge in [0.2, 0.25) is 0 Å². The van der Waals surface area contributed by atoms with E-state index in [-0.39, 0.29) is 17.1 Å². The molecule has 0 spiro atoms. The Morgan fingerprint density at radius 3 is 2.59 bits per heavy atom. The van der Waals surface area contributed by atoms with E-state index in [1.165, 1.54) is 11.6 Å². The Bertz CT molecular complexity index is 885. The summed E-state index contributed by atoms with van der Waals surface area (Å²) in [6.07, 6.45) is 0. The number of benzene rings is 2. The average Bonchev–Trinajstić information content (AvgIpc) is 3.16. The molecule has 4 nitrogen and oxygen atoms in total. The van der Waals surface area contributed by atoms with Gasteiger partial charge in [0.05, 0.1) is 0 Å². The molecule has 0 bridgehead atoms. The summed E-state index contributed by atoms with van der Waals surface area (Å²) in [5.74, 6) is 0.0752. The maximum atomic E-state index is 14.0. The standard InChI is InChI=1S/C24H30FN3O/c1-18-9-10-20(11-22(18)25)23(29)28-14-21-13-27(12-19-7-5-4-6-8-19)16-24(21,17-28)15-26(2)3/h4-11,21H,12-17H2,1-3H3/t21-,24+/m1/s1. The first-order valence-corrected chi connectivity index (χ1v) is 10.3. The monoisotopic (exact) mass is 395 g/mol. The van der Waals surface area contributed by atoms with Gasteiger partial charge in [-0.15, -0.1) is 0 Å². The van der Waals surface area contributed by atoms with Crippen molar-refractivity contribution in [1.82, 2.24) is 14.7 Å². The van der Waals surface area contributed by atoms with Crippen LogP contribution in [0.5, 0.6) is 0 Å². The van der Waals surface area contributed by atoms with Crippen LogP contribution in [0.15, 0.2) is 48.5 Å². The van der Waals surface area contributed by atoms with E-state index in [1.54, 1.807) is 19.1 Å². The summed E-state index contributed by atoms with van der Waals surface area (Å²) in [5, 5.41) is 0. The predicted octanol–water partition coefficient (Wildman–Crippen LogP) is 3.27. The summed E-state index contributed by atoms with van der Waals surface area (Å²) in [7, 11) is 4.21. The summed E-state index contributed by atoms with van der Waals surface area (Å²) >= 11 is 0. The third-order valence-electron chi connectivity index (χ3n) is 6.42. The van der Waals surface area contributed by atoms with Gasteiger partial charge in [0.1, 0.15) is 5.82 Å². The Kier molecular flexibility index (Phi) is 5.45. The van der Waals surface area contributed by atoms with Gasteiger partial charge in [0.25, 0.3) is 5.91 Å². The average molecular weight is 396 g/mol. The lowest BCUT2D eigenvalue weighted by Crippen LogP contribution is -2.42. The Hall–Kier alpha value is -2.24. The van der Waals surface area contributed by atoms with Crippen molar-refractivity contribution in [2.45, 2.75) is 13.5 Å². The zero-order chi connectivity index (χ0) is 20.6. The van der Waals surface area contributed by atoms with Crippen molar-refractivity contribution >= 4 is 5.91 Å². The van der Waals surface area contributed by atoms with E-state index >= 15 is 0 Å². The number of nitrogens with zero attached hydrogens (tertiary/aromatic N) is 3. The van der Waals surface area contributed by atoms with Crippen LogP contribution in [0, 0.1) is 24.1 Å². The number of carbonyl (C=O) groups is 1. The Balaban J connectivity index is 1.50. The minimum absolute atomic E-state index is 0.0500. The first-order valence-electron chi connectivity index (χ1n) is 10.3. The largest absolute Gasteiger partial charge is 0.338 e. The van der Waals surface area contributed by atoms with E-state index in [4.69, 9.17) is 0 Å². The lowest BCUT2D eigenvalue weighted by molar-refractivity contribution is 0.0747. The minimum atomic E-state index is -0.313. The van der Waals surface area contributed by atoms with Gasteiger partial charge in [-0.05, 0) is 50.2 Å². The van der Waals surface area contributed by atoms with Crippen LogP contribution in [0.2, 0.25) is 0 Å². The number of hydrogen-bond donors (Lipinski definition) is 0. The lowest BCUT2D eigenvalue weighted by Gasteiger charge is -2.32. The number of carbonyl (C=O) groups excluding carboxylic acids is 1. The van der Waals surface area contributed by atoms with Crippen LogP contribution in [0.4, 0.5) is 4.39 Å². The van der Waals surface area contributed by atoms with Gasteiger partial charge in [-0.2, -0.15) is 0 Å². The molecule has 2 fully saturated rings. The van der Waals surface area contributed by atoms with Gasteiger partial charge < -0.3 is 9.80 Å². The molecule has 0 radical (unpaired) electrons. The summed E-state index contributed by atoms with van der Waals surface area (Å²) in [4.78, 5) is 19.8. The quantitative estimate of drug-likeness (QED) is 0.778. The van der Waals surface area contributed by atoms with Crippen LogP contribution in [-0.2, 0) is 6.54 Å². The first kappa shape index (κ1) is 20.0. The molecule has 29 heavy (non-hydrogen) atoms. The molecule has 0 aromatic heterocycles. The molecule has 2 aromatic rings. The molecule has 154 valence electrons. The number of likely N-dealkylation sites (tertiary alicyclic amines) is 2. The highest BCUT2D eigenvalue weighted by atomic mass is 19.1. The topological polar surface area (TPSA) is 26.8 Å². The van der Waals surface area contributed by atoms with Crippen LogP contribution in [0.25, 0.3) is 0 Å². The highest BCUT2D eigenvalue weighted by Gasteiger charge is 2.53. The fourth-order valence-corrected chi connectivity index (χ4v) is 5.17. The molecular weight excluding hydrogens is 365 g/mol. The van der Waals surface area contributed by atoms with Crippen molar-refractivity contribution in [2.75, 3.05) is 46.8 Å². The van der Waals surface area contributed by atoms with E-state index in [0.29, 0.717) is 17.0 Å². The molecule has 2 aliphatic rings. The second-order valence-corrected chi connectivity index (χ2v) is 9.10. The van der Waals surface area contributed by atoms with Crippen LogP contribution >= 0.6 is 0 Å². The van der Waals surface area contributed by atoms with E-state index < -0.39 is 0 Å². The fraction of sp³-hybridized carbons (Fsp3) is 0.458. The van der Waals surface area contributed by atoms with Crippen LogP contribution in [-0.4, -0.2) is 67.4 Å². The molecular formula is C24H30FN3O. The second-order valence-electron chi connectivity index (χ2n) is 9.10. The van der Waals surface area contributed by atoms with Gasteiger partial charge in [0, 0.05) is 50.2 Å². The highest BCUT2D eigenvalue weighted by molar-refractivity contribution is 5.94. The highest BCUT2D eigenvalue weighted by Crippen LogP contribution is 2.43. The van der Waals surface area contributed by atoms with Crippen molar-refractivity contribution in [2.24, 2.45) is 11.3 Å². The van der Waals surface area contributed by atoms with Gasteiger partial charge in [-0.1, -0.05) is 36.4 Å². The zero-order valence-corrected chi connectivity index (χ0v) is 17.6. The molecule has 2 atom stereocenters. The maximum Gasteiger partial charge on any atom is 0.253 e. The molecule has 0 aliphatic carbocycles. The summed E-state index contributed by atoms with van der Waals surface area (Å²) in [6, 6.07) is 15.4. The minimum Gasteiger partial charge on any atom is -0.338 e. The third kappa shape index (κ3) is 4.07. The number of rotatable bonds is 5. The van der Waals surface area contributed by atoms with E-state index in [1.807, 2.05) is 11.0 Å². The summed E-state index contributed by atoms with van der Waals surface area (Å²) < 4.78 is 14.0. The van der Waals surface area contributed by atoms with Crippen molar-refractivity contribution in [3.8, 4) is 0 Å². The second kappa shape index (κ2) is 7.88. The number of amides is 1. The molecule has 4 rings (SSSR count). The van der Waals surface area contributed by atoms with E-state index in [0.717, 1.165) is 39.3 Å². The maximum absolute atomic E-state index is 14.0. The molecule has 0 N–H and O–H groups in total. The SMILES string of the molecule is Cc1ccc(C(=O)N2C[C@H]3CN(Cc4ccccc4)C[C@@]3(CN(C)C)C2)cc1F. The normalized spacial score (nSPS) is 24.3. The van der Waals surface area contributed by atoms with Crippen LogP contribution < -0.4 is 0 Å². The number of halogens is 1. The molecule has 5 heteroatoms. The van der Waals surface area contributed by atoms with Crippen LogP contribution in [0.1, 0.15) is 21.5 Å². The molecule has 2 heterocycles.